The van der Waals surface area contributed by atoms with E-state index in [4.69, 9.17) is 4.98 Å². The van der Waals surface area contributed by atoms with Crippen molar-refractivity contribution in [3.05, 3.63) is 17.2 Å². The molecule has 0 saturated heterocycles. The van der Waals surface area contributed by atoms with Crippen LogP contribution in [0.5, 0.6) is 0 Å². The van der Waals surface area contributed by atoms with E-state index in [1.807, 2.05) is 0 Å². The van der Waals surface area contributed by atoms with Crippen molar-refractivity contribution in [2.45, 2.75) is 83.5 Å². The Labute approximate surface area is 117 Å². The zero-order chi connectivity index (χ0) is 13.5. The lowest BCUT2D eigenvalue weighted by atomic mass is 9.78. The fraction of sp³-hybridized carbons (Fsp3) is 0.824. The first-order valence-electron chi connectivity index (χ1n) is 8.20. The van der Waals surface area contributed by atoms with E-state index in [1.165, 1.54) is 68.6 Å². The first-order valence-corrected chi connectivity index (χ1v) is 8.20. The molecule has 1 atom stereocenters. The molecule has 0 spiro atoms. The molecule has 1 unspecified atom stereocenters. The van der Waals surface area contributed by atoms with Crippen LogP contribution in [-0.2, 0) is 11.8 Å². The molecule has 0 aliphatic heterocycles. The molecule has 1 fully saturated rings. The van der Waals surface area contributed by atoms with E-state index in [1.54, 1.807) is 0 Å². The predicted molar refractivity (Wildman–Crippen MR) is 79.5 cm³/mol. The van der Waals surface area contributed by atoms with E-state index < -0.39 is 0 Å². The molecule has 2 aliphatic carbocycles. The summed E-state index contributed by atoms with van der Waals surface area (Å²) in [6.07, 6.45) is 10.6. The number of hydrogen-bond donors (Lipinski definition) is 1. The Morgan fingerprint density at radius 1 is 1.26 bits per heavy atom. The van der Waals surface area contributed by atoms with Crippen LogP contribution in [0.2, 0.25) is 0 Å². The maximum atomic E-state index is 5.08. The van der Waals surface area contributed by atoms with Crippen LogP contribution >= 0.6 is 0 Å². The Kier molecular flexibility index (Phi) is 3.44. The van der Waals surface area contributed by atoms with Crippen molar-refractivity contribution in [3.63, 3.8) is 0 Å². The quantitative estimate of drug-likeness (QED) is 0.838. The van der Waals surface area contributed by atoms with Crippen molar-refractivity contribution in [1.82, 2.24) is 9.97 Å². The summed E-state index contributed by atoms with van der Waals surface area (Å²) in [4.78, 5) is 8.82. The average molecular weight is 260 g/mol. The Morgan fingerprint density at radius 2 is 2.00 bits per heavy atom. The molecule has 1 aromatic rings. The topological polar surface area (TPSA) is 28.7 Å². The molecular formula is C17H28N2. The first kappa shape index (κ1) is 13.2. The van der Waals surface area contributed by atoms with Gasteiger partial charge in [0.05, 0.1) is 5.69 Å². The van der Waals surface area contributed by atoms with Crippen LogP contribution in [0.3, 0.4) is 0 Å². The van der Waals surface area contributed by atoms with E-state index in [-0.39, 0.29) is 0 Å². The van der Waals surface area contributed by atoms with Gasteiger partial charge in [-0.1, -0.05) is 33.6 Å². The van der Waals surface area contributed by atoms with Crippen LogP contribution in [0, 0.1) is 5.92 Å². The van der Waals surface area contributed by atoms with Gasteiger partial charge in [0.2, 0.25) is 0 Å². The average Bonchev–Trinajstić information content (AvgIpc) is 2.95. The molecule has 0 bridgehead atoms. The summed E-state index contributed by atoms with van der Waals surface area (Å²) in [6, 6.07) is 0. The molecule has 2 nitrogen and oxygen atoms in total. The standard InChI is InChI=1S/C17H28N2/c1-12(2)11-17(9-4-5-10-17)16-18-14-8-6-7-13(3)15(14)19-16/h12-13H,4-11H2,1-3H3,(H,18,19). The van der Waals surface area contributed by atoms with Crippen molar-refractivity contribution in [2.24, 2.45) is 5.92 Å². The van der Waals surface area contributed by atoms with E-state index in [0.29, 0.717) is 11.3 Å². The Morgan fingerprint density at radius 3 is 2.63 bits per heavy atom. The second-order valence-corrected chi connectivity index (χ2v) is 7.33. The van der Waals surface area contributed by atoms with E-state index >= 15 is 0 Å². The van der Waals surface area contributed by atoms with Crippen molar-refractivity contribution in [2.75, 3.05) is 0 Å². The molecule has 2 aliphatic rings. The lowest BCUT2D eigenvalue weighted by molar-refractivity contribution is 0.330. The smallest absolute Gasteiger partial charge is 0.112 e. The summed E-state index contributed by atoms with van der Waals surface area (Å²) >= 11 is 0. The number of hydrogen-bond acceptors (Lipinski definition) is 1. The third-order valence-electron chi connectivity index (χ3n) is 5.20. The molecule has 1 aromatic heterocycles. The number of nitrogens with one attached hydrogen (secondary N) is 1. The lowest BCUT2D eigenvalue weighted by Gasteiger charge is -2.28. The fourth-order valence-electron chi connectivity index (χ4n) is 4.36. The molecule has 0 radical (unpaired) electrons. The second-order valence-electron chi connectivity index (χ2n) is 7.33. The molecule has 106 valence electrons. The molecular weight excluding hydrogens is 232 g/mol. The zero-order valence-electron chi connectivity index (χ0n) is 12.8. The van der Waals surface area contributed by atoms with Gasteiger partial charge in [-0.05, 0) is 44.4 Å². The monoisotopic (exact) mass is 260 g/mol. The first-order chi connectivity index (χ1) is 9.11. The number of fused-ring (bicyclic) bond motifs is 1. The predicted octanol–water partition coefficient (Wildman–Crippen LogP) is 4.71. The second kappa shape index (κ2) is 4.96. The van der Waals surface area contributed by atoms with Gasteiger partial charge < -0.3 is 4.98 Å². The normalized spacial score (nSPS) is 25.8. The van der Waals surface area contributed by atoms with Gasteiger partial charge in [-0.3, -0.25) is 0 Å². The van der Waals surface area contributed by atoms with Crippen molar-refractivity contribution in [1.29, 1.82) is 0 Å². The Balaban J connectivity index is 1.95. The van der Waals surface area contributed by atoms with Gasteiger partial charge in [-0.25, -0.2) is 4.98 Å². The highest BCUT2D eigenvalue weighted by Gasteiger charge is 2.39. The highest BCUT2D eigenvalue weighted by atomic mass is 15.0. The van der Waals surface area contributed by atoms with E-state index in [2.05, 4.69) is 25.8 Å². The van der Waals surface area contributed by atoms with Crippen LogP contribution in [0.25, 0.3) is 0 Å². The fourth-order valence-corrected chi connectivity index (χ4v) is 4.36. The third-order valence-corrected chi connectivity index (χ3v) is 5.20. The lowest BCUT2D eigenvalue weighted by Crippen LogP contribution is -2.26. The Bertz CT molecular complexity index is 438. The van der Waals surface area contributed by atoms with Gasteiger partial charge in [0.15, 0.2) is 0 Å². The molecule has 2 heteroatoms. The van der Waals surface area contributed by atoms with Crippen LogP contribution in [0.1, 0.15) is 88.8 Å². The summed E-state index contributed by atoms with van der Waals surface area (Å²) < 4.78 is 0. The van der Waals surface area contributed by atoms with Crippen LogP contribution in [0.4, 0.5) is 0 Å². The minimum Gasteiger partial charge on any atom is -0.345 e. The maximum absolute atomic E-state index is 5.08. The Hall–Kier alpha value is -0.790. The summed E-state index contributed by atoms with van der Waals surface area (Å²) in [5.74, 6) is 2.75. The highest BCUT2D eigenvalue weighted by molar-refractivity contribution is 5.25. The van der Waals surface area contributed by atoms with Crippen LogP contribution < -0.4 is 0 Å². The molecule has 3 rings (SSSR count). The third kappa shape index (κ3) is 2.34. The SMILES string of the molecule is CC(C)CC1(c2nc3c([nH]2)CCCC3C)CCCC1. The van der Waals surface area contributed by atoms with Crippen molar-refractivity contribution < 1.29 is 0 Å². The number of nitrogens with zero attached hydrogens (tertiary/aromatic N) is 1. The number of aryl methyl sites for hydroxylation is 1. The largest absolute Gasteiger partial charge is 0.345 e. The van der Waals surface area contributed by atoms with Gasteiger partial charge in [-0.15, -0.1) is 0 Å². The van der Waals surface area contributed by atoms with Crippen LogP contribution in [-0.4, -0.2) is 9.97 Å². The van der Waals surface area contributed by atoms with Crippen molar-refractivity contribution >= 4 is 0 Å². The molecule has 1 saturated carbocycles. The molecule has 0 aromatic carbocycles. The number of aromatic nitrogens is 2. The summed E-state index contributed by atoms with van der Waals surface area (Å²) in [7, 11) is 0. The van der Waals surface area contributed by atoms with E-state index in [9.17, 15) is 0 Å². The number of aromatic amines is 1. The summed E-state index contributed by atoms with van der Waals surface area (Å²) in [5.41, 5.74) is 3.20. The van der Waals surface area contributed by atoms with Gasteiger partial charge in [0, 0.05) is 17.0 Å². The molecule has 0 amide bonds. The highest BCUT2D eigenvalue weighted by Crippen LogP contribution is 2.45. The number of imidazole rings is 1. The molecule has 1 N–H and O–H groups in total. The number of H-pyrrole nitrogens is 1. The van der Waals surface area contributed by atoms with Gasteiger partial charge in [0.25, 0.3) is 0 Å². The molecule has 1 heterocycles. The van der Waals surface area contributed by atoms with Gasteiger partial charge >= 0.3 is 0 Å². The summed E-state index contributed by atoms with van der Waals surface area (Å²) in [5, 5.41) is 0. The zero-order valence-corrected chi connectivity index (χ0v) is 12.8. The summed E-state index contributed by atoms with van der Waals surface area (Å²) in [6.45, 7) is 7.05. The van der Waals surface area contributed by atoms with Gasteiger partial charge in [-0.2, -0.15) is 0 Å². The molecule has 19 heavy (non-hydrogen) atoms. The van der Waals surface area contributed by atoms with Crippen molar-refractivity contribution in [3.8, 4) is 0 Å². The minimum absolute atomic E-state index is 0.366. The maximum Gasteiger partial charge on any atom is 0.112 e. The van der Waals surface area contributed by atoms with Crippen LogP contribution in [0.15, 0.2) is 0 Å². The van der Waals surface area contributed by atoms with E-state index in [0.717, 1.165) is 5.92 Å². The number of rotatable bonds is 3. The van der Waals surface area contributed by atoms with Gasteiger partial charge in [0.1, 0.15) is 5.82 Å². The minimum atomic E-state index is 0.366.